The van der Waals surface area contributed by atoms with Gasteiger partial charge in [-0.15, -0.1) is 11.3 Å². The lowest BCUT2D eigenvalue weighted by molar-refractivity contribution is 0.318. The number of pyridine rings is 1. The molecule has 0 saturated heterocycles. The number of thiophene rings is 1. The van der Waals surface area contributed by atoms with Crippen LogP contribution < -0.4 is 0 Å². The Hall–Kier alpha value is -0.900. The maximum atomic E-state index is 5.84. The molecular weight excluding hydrogens is 240 g/mol. The summed E-state index contributed by atoms with van der Waals surface area (Å²) in [5.41, 5.74) is 1.01. The molecule has 0 aliphatic rings. The summed E-state index contributed by atoms with van der Waals surface area (Å²) in [5, 5.41) is 2.66. The molecule has 16 heavy (non-hydrogen) atoms. The smallest absolute Gasteiger partial charge is 0.129 e. The molecule has 0 spiro atoms. The summed E-state index contributed by atoms with van der Waals surface area (Å²) in [7, 11) is 2.09. The third-order valence-corrected chi connectivity index (χ3v) is 3.28. The fraction of sp³-hybridized carbons (Fsp3) is 0.250. The van der Waals surface area contributed by atoms with Crippen molar-refractivity contribution < 1.29 is 0 Å². The highest BCUT2D eigenvalue weighted by Crippen LogP contribution is 2.13. The highest BCUT2D eigenvalue weighted by Gasteiger charge is 2.03. The molecule has 84 valence electrons. The highest BCUT2D eigenvalue weighted by atomic mass is 35.5. The van der Waals surface area contributed by atoms with Crippen LogP contribution in [0.15, 0.2) is 35.7 Å². The third kappa shape index (κ3) is 3.30. The van der Waals surface area contributed by atoms with Gasteiger partial charge < -0.3 is 0 Å². The lowest BCUT2D eigenvalue weighted by atomic mass is 10.3. The van der Waals surface area contributed by atoms with Crippen molar-refractivity contribution in [2.45, 2.75) is 13.1 Å². The molecule has 0 amide bonds. The Bertz CT molecular complexity index is 442. The average Bonchev–Trinajstić information content (AvgIpc) is 2.70. The second-order valence-corrected chi connectivity index (χ2v) is 5.12. The Morgan fingerprint density at radius 3 is 2.81 bits per heavy atom. The van der Waals surface area contributed by atoms with E-state index in [1.54, 1.807) is 17.4 Å². The molecule has 0 bridgehead atoms. The summed E-state index contributed by atoms with van der Waals surface area (Å²) in [6.07, 6.45) is 0. The van der Waals surface area contributed by atoms with Crippen LogP contribution in [0.25, 0.3) is 0 Å². The molecule has 2 aromatic heterocycles. The maximum absolute atomic E-state index is 5.84. The van der Waals surface area contributed by atoms with Crippen molar-refractivity contribution in [1.29, 1.82) is 0 Å². The van der Waals surface area contributed by atoms with Gasteiger partial charge in [0.1, 0.15) is 5.15 Å². The van der Waals surface area contributed by atoms with Gasteiger partial charge in [-0.1, -0.05) is 23.7 Å². The van der Waals surface area contributed by atoms with Gasteiger partial charge in [0.15, 0.2) is 0 Å². The summed E-state index contributed by atoms with van der Waals surface area (Å²) < 4.78 is 0. The number of halogens is 1. The molecule has 2 heterocycles. The van der Waals surface area contributed by atoms with Crippen LogP contribution in [0.2, 0.25) is 5.15 Å². The van der Waals surface area contributed by atoms with Crippen LogP contribution in [0.1, 0.15) is 10.6 Å². The van der Waals surface area contributed by atoms with E-state index >= 15 is 0 Å². The molecule has 4 heteroatoms. The number of hydrogen-bond donors (Lipinski definition) is 0. The van der Waals surface area contributed by atoms with Crippen molar-refractivity contribution in [3.63, 3.8) is 0 Å². The van der Waals surface area contributed by atoms with Gasteiger partial charge in [-0.2, -0.15) is 0 Å². The zero-order chi connectivity index (χ0) is 11.4. The number of aromatic nitrogens is 1. The summed E-state index contributed by atoms with van der Waals surface area (Å²) in [4.78, 5) is 7.86. The lowest BCUT2D eigenvalue weighted by Crippen LogP contribution is -2.17. The Kier molecular flexibility index (Phi) is 3.93. The summed E-state index contributed by atoms with van der Waals surface area (Å²) >= 11 is 7.62. The van der Waals surface area contributed by atoms with Crippen LogP contribution in [-0.4, -0.2) is 16.9 Å². The second kappa shape index (κ2) is 5.43. The first-order valence-corrected chi connectivity index (χ1v) is 6.32. The van der Waals surface area contributed by atoms with Crippen LogP contribution in [0.3, 0.4) is 0 Å². The van der Waals surface area contributed by atoms with E-state index < -0.39 is 0 Å². The second-order valence-electron chi connectivity index (χ2n) is 3.70. The van der Waals surface area contributed by atoms with Crippen molar-refractivity contribution in [3.8, 4) is 0 Å². The first-order chi connectivity index (χ1) is 7.74. The number of nitrogens with zero attached hydrogens (tertiary/aromatic N) is 2. The van der Waals surface area contributed by atoms with E-state index in [0.717, 1.165) is 18.8 Å². The number of hydrogen-bond acceptors (Lipinski definition) is 3. The Morgan fingerprint density at radius 1 is 1.25 bits per heavy atom. The normalized spacial score (nSPS) is 10.9. The molecule has 2 nitrogen and oxygen atoms in total. The molecular formula is C12H13ClN2S. The Morgan fingerprint density at radius 2 is 2.12 bits per heavy atom. The molecule has 0 aliphatic carbocycles. The molecule has 0 radical (unpaired) electrons. The molecule has 0 atom stereocenters. The first kappa shape index (κ1) is 11.6. The summed E-state index contributed by atoms with van der Waals surface area (Å²) in [6.45, 7) is 1.77. The van der Waals surface area contributed by atoms with E-state index in [2.05, 4.69) is 34.4 Å². The van der Waals surface area contributed by atoms with E-state index in [4.69, 9.17) is 11.6 Å². The highest BCUT2D eigenvalue weighted by molar-refractivity contribution is 7.09. The van der Waals surface area contributed by atoms with Gasteiger partial charge in [-0.25, -0.2) is 4.98 Å². The van der Waals surface area contributed by atoms with Gasteiger partial charge in [-0.3, -0.25) is 4.90 Å². The largest absolute Gasteiger partial charge is 0.295 e. The van der Waals surface area contributed by atoms with Crippen molar-refractivity contribution in [2.24, 2.45) is 0 Å². The minimum atomic E-state index is 0.557. The molecule has 0 aromatic carbocycles. The van der Waals surface area contributed by atoms with E-state index in [1.807, 2.05) is 12.1 Å². The number of rotatable bonds is 4. The van der Waals surface area contributed by atoms with E-state index in [0.29, 0.717) is 5.15 Å². The first-order valence-electron chi connectivity index (χ1n) is 5.06. The lowest BCUT2D eigenvalue weighted by Gasteiger charge is -2.14. The molecule has 0 aliphatic heterocycles. The van der Waals surface area contributed by atoms with Crippen molar-refractivity contribution >= 4 is 22.9 Å². The van der Waals surface area contributed by atoms with Crippen LogP contribution in [0.4, 0.5) is 0 Å². The van der Waals surface area contributed by atoms with Crippen LogP contribution in [0.5, 0.6) is 0 Å². The maximum Gasteiger partial charge on any atom is 0.129 e. The average molecular weight is 253 g/mol. The van der Waals surface area contributed by atoms with Gasteiger partial charge in [0.2, 0.25) is 0 Å². The standard InChI is InChI=1S/C12H13ClN2S/c1-15(9-11-5-3-7-16-11)8-10-4-2-6-12(13)14-10/h2-7H,8-9H2,1H3. The van der Waals surface area contributed by atoms with Crippen LogP contribution in [0, 0.1) is 0 Å². The summed E-state index contributed by atoms with van der Waals surface area (Å²) in [6, 6.07) is 9.95. The molecule has 2 aromatic rings. The zero-order valence-electron chi connectivity index (χ0n) is 9.06. The van der Waals surface area contributed by atoms with Crippen molar-refractivity contribution in [1.82, 2.24) is 9.88 Å². The van der Waals surface area contributed by atoms with Gasteiger partial charge in [0.05, 0.1) is 5.69 Å². The minimum Gasteiger partial charge on any atom is -0.295 e. The monoisotopic (exact) mass is 252 g/mol. The Balaban J connectivity index is 1.94. The van der Waals surface area contributed by atoms with Crippen molar-refractivity contribution in [3.05, 3.63) is 51.4 Å². The van der Waals surface area contributed by atoms with Crippen molar-refractivity contribution in [2.75, 3.05) is 7.05 Å². The van der Waals surface area contributed by atoms with Crippen LogP contribution in [-0.2, 0) is 13.1 Å². The van der Waals surface area contributed by atoms with Gasteiger partial charge in [-0.05, 0) is 30.6 Å². The minimum absolute atomic E-state index is 0.557. The topological polar surface area (TPSA) is 16.1 Å². The predicted octanol–water partition coefficient (Wildman–Crippen LogP) is 3.43. The molecule has 0 N–H and O–H groups in total. The van der Waals surface area contributed by atoms with E-state index in [9.17, 15) is 0 Å². The molecule has 0 fully saturated rings. The fourth-order valence-corrected chi connectivity index (χ4v) is 2.50. The molecule has 0 saturated carbocycles. The van der Waals surface area contributed by atoms with Crippen LogP contribution >= 0.6 is 22.9 Å². The SMILES string of the molecule is CN(Cc1cccc(Cl)n1)Cc1cccs1. The van der Waals surface area contributed by atoms with E-state index in [1.165, 1.54) is 4.88 Å². The fourth-order valence-electron chi connectivity index (χ4n) is 1.54. The predicted molar refractivity (Wildman–Crippen MR) is 68.7 cm³/mol. The zero-order valence-corrected chi connectivity index (χ0v) is 10.6. The quantitative estimate of drug-likeness (QED) is 0.775. The third-order valence-electron chi connectivity index (χ3n) is 2.21. The van der Waals surface area contributed by atoms with Gasteiger partial charge in [0, 0.05) is 18.0 Å². The van der Waals surface area contributed by atoms with E-state index in [-0.39, 0.29) is 0 Å². The molecule has 0 unspecified atom stereocenters. The molecule has 2 rings (SSSR count). The van der Waals surface area contributed by atoms with Gasteiger partial charge >= 0.3 is 0 Å². The Labute approximate surface area is 105 Å². The summed E-state index contributed by atoms with van der Waals surface area (Å²) in [5.74, 6) is 0. The van der Waals surface area contributed by atoms with Gasteiger partial charge in [0.25, 0.3) is 0 Å².